The van der Waals surface area contributed by atoms with E-state index in [1.165, 1.54) is 0 Å². The fourth-order valence-electron chi connectivity index (χ4n) is 2.44. The highest BCUT2D eigenvalue weighted by molar-refractivity contribution is 5.69. The number of esters is 5. The molecule has 0 rings (SSSR count). The maximum atomic E-state index is 11.7. The van der Waals surface area contributed by atoms with Gasteiger partial charge in [-0.05, 0) is 0 Å². The number of nitro groups is 1. The SMILES string of the molecule is CC(=O)OC[C@@H](OC(C)=O)[C@H](OC(C)=O)[C@H](OC(C)=O)[C@H](CC[N+](=O)[O-])OC(C)=O. The second-order valence-corrected chi connectivity index (χ2v) is 6.09. The summed E-state index contributed by atoms with van der Waals surface area (Å²) in [5.41, 5.74) is 0. The Kier molecular flexibility index (Phi) is 11.6. The topological polar surface area (TPSA) is 175 Å². The molecule has 0 aromatic heterocycles. The van der Waals surface area contributed by atoms with Crippen molar-refractivity contribution in [3.63, 3.8) is 0 Å². The minimum atomic E-state index is -1.61. The Morgan fingerprint density at radius 3 is 1.47 bits per heavy atom. The molecule has 0 N–H and O–H groups in total. The van der Waals surface area contributed by atoms with Crippen molar-refractivity contribution in [2.45, 2.75) is 65.5 Å². The molecule has 0 aromatic carbocycles. The van der Waals surface area contributed by atoms with E-state index in [1.807, 2.05) is 0 Å². The molecule has 0 saturated heterocycles. The number of hydrogen-bond donors (Lipinski definition) is 0. The highest BCUT2D eigenvalue weighted by Gasteiger charge is 2.44. The molecule has 170 valence electrons. The Labute approximate surface area is 172 Å². The molecule has 30 heavy (non-hydrogen) atoms. The molecule has 13 nitrogen and oxygen atoms in total. The second-order valence-electron chi connectivity index (χ2n) is 6.09. The third kappa shape index (κ3) is 11.6. The van der Waals surface area contributed by atoms with Gasteiger partial charge in [0.15, 0.2) is 18.3 Å². The van der Waals surface area contributed by atoms with Crippen LogP contribution in [0.5, 0.6) is 0 Å². The van der Waals surface area contributed by atoms with Crippen molar-refractivity contribution < 1.29 is 52.6 Å². The minimum absolute atomic E-state index is 0.414. The molecule has 0 aliphatic heterocycles. The first kappa shape index (κ1) is 26.8. The molecule has 0 heterocycles. The van der Waals surface area contributed by atoms with E-state index in [0.29, 0.717) is 0 Å². The monoisotopic (exact) mass is 435 g/mol. The summed E-state index contributed by atoms with van der Waals surface area (Å²) >= 11 is 0. The van der Waals surface area contributed by atoms with Gasteiger partial charge in [0.25, 0.3) is 0 Å². The van der Waals surface area contributed by atoms with Gasteiger partial charge in [-0.3, -0.25) is 34.1 Å². The predicted molar refractivity (Wildman–Crippen MR) is 95.3 cm³/mol. The van der Waals surface area contributed by atoms with Crippen LogP contribution >= 0.6 is 0 Å². The van der Waals surface area contributed by atoms with Gasteiger partial charge in [0.05, 0.1) is 6.42 Å². The van der Waals surface area contributed by atoms with Gasteiger partial charge in [-0.15, -0.1) is 0 Å². The molecule has 0 bridgehead atoms. The maximum absolute atomic E-state index is 11.7. The van der Waals surface area contributed by atoms with Gasteiger partial charge >= 0.3 is 29.8 Å². The standard InChI is InChI=1S/C17H25NO12/c1-9(19)26-8-15(28-11(3)21)17(30-13(5)23)16(29-12(4)22)14(27-10(2)20)6-7-18(24)25/h14-17H,6-8H2,1-5H3/t14-,15+,16+,17-/m0/s1. The molecule has 4 atom stereocenters. The summed E-state index contributed by atoms with van der Waals surface area (Å²) in [6, 6.07) is 0. The molecule has 0 aliphatic carbocycles. The van der Waals surface area contributed by atoms with Gasteiger partial charge in [-0.2, -0.15) is 0 Å². The van der Waals surface area contributed by atoms with E-state index in [4.69, 9.17) is 23.7 Å². The largest absolute Gasteiger partial charge is 0.462 e. The average Bonchev–Trinajstić information content (AvgIpc) is 2.57. The summed E-state index contributed by atoms with van der Waals surface area (Å²) in [4.78, 5) is 67.6. The number of carbonyl (C=O) groups is 5. The zero-order valence-corrected chi connectivity index (χ0v) is 17.3. The fraction of sp³-hybridized carbons (Fsp3) is 0.706. The van der Waals surface area contributed by atoms with Crippen LogP contribution in [0, 0.1) is 10.1 Å². The van der Waals surface area contributed by atoms with Crippen LogP contribution < -0.4 is 0 Å². The Morgan fingerprint density at radius 2 is 1.10 bits per heavy atom. The predicted octanol–water partition coefficient (Wildman–Crippen LogP) is -0.0569. The third-order valence-corrected chi connectivity index (χ3v) is 3.34. The van der Waals surface area contributed by atoms with Gasteiger partial charge in [0.1, 0.15) is 12.7 Å². The second kappa shape index (κ2) is 13.1. The van der Waals surface area contributed by atoms with Crippen molar-refractivity contribution >= 4 is 29.8 Å². The lowest BCUT2D eigenvalue weighted by molar-refractivity contribution is -0.482. The van der Waals surface area contributed by atoms with Gasteiger partial charge < -0.3 is 23.7 Å². The smallest absolute Gasteiger partial charge is 0.303 e. The number of hydrogen-bond acceptors (Lipinski definition) is 12. The summed E-state index contributed by atoms with van der Waals surface area (Å²) in [5.74, 6) is -4.24. The van der Waals surface area contributed by atoms with E-state index in [0.717, 1.165) is 34.6 Å². The first-order chi connectivity index (χ1) is 13.8. The lowest BCUT2D eigenvalue weighted by Crippen LogP contribution is -2.53. The van der Waals surface area contributed by atoms with E-state index >= 15 is 0 Å². The lowest BCUT2D eigenvalue weighted by Gasteiger charge is -2.35. The van der Waals surface area contributed by atoms with Crippen LogP contribution in [0.1, 0.15) is 41.0 Å². The van der Waals surface area contributed by atoms with E-state index in [2.05, 4.69) is 0 Å². The van der Waals surface area contributed by atoms with Crippen molar-refractivity contribution in [1.82, 2.24) is 0 Å². The van der Waals surface area contributed by atoms with Crippen molar-refractivity contribution in [3.05, 3.63) is 10.1 Å². The average molecular weight is 435 g/mol. The zero-order chi connectivity index (χ0) is 23.4. The molecule has 13 heteroatoms. The fourth-order valence-corrected chi connectivity index (χ4v) is 2.44. The summed E-state index contributed by atoms with van der Waals surface area (Å²) < 4.78 is 25.2. The summed E-state index contributed by atoms with van der Waals surface area (Å²) in [5, 5.41) is 10.8. The van der Waals surface area contributed by atoms with E-state index in [-0.39, 0.29) is 0 Å². The van der Waals surface area contributed by atoms with Crippen LogP contribution in [0.4, 0.5) is 0 Å². The van der Waals surface area contributed by atoms with Crippen LogP contribution in [0.2, 0.25) is 0 Å². The molecule has 0 aliphatic rings. The highest BCUT2D eigenvalue weighted by atomic mass is 16.6. The highest BCUT2D eigenvalue weighted by Crippen LogP contribution is 2.22. The van der Waals surface area contributed by atoms with Gasteiger partial charge in [-0.1, -0.05) is 0 Å². The molecule has 0 unspecified atom stereocenters. The van der Waals surface area contributed by atoms with Crippen LogP contribution in [0.3, 0.4) is 0 Å². The Hall–Kier alpha value is -3.25. The van der Waals surface area contributed by atoms with Crippen molar-refractivity contribution in [1.29, 1.82) is 0 Å². The molecule has 0 fully saturated rings. The molecule has 0 radical (unpaired) electrons. The zero-order valence-electron chi connectivity index (χ0n) is 17.3. The van der Waals surface area contributed by atoms with Gasteiger partial charge in [-0.25, -0.2) is 0 Å². The Balaban J connectivity index is 6.19. The van der Waals surface area contributed by atoms with E-state index in [9.17, 15) is 34.1 Å². The van der Waals surface area contributed by atoms with Crippen LogP contribution in [-0.4, -0.2) is 72.3 Å². The van der Waals surface area contributed by atoms with Crippen molar-refractivity contribution in [2.24, 2.45) is 0 Å². The number of ether oxygens (including phenoxy) is 5. The molecular formula is C17H25NO12. The Bertz CT molecular complexity index is 605. The molecule has 0 spiro atoms. The normalized spacial score (nSPS) is 14.3. The van der Waals surface area contributed by atoms with Crippen LogP contribution in [0.15, 0.2) is 0 Å². The molecular weight excluding hydrogens is 410 g/mol. The lowest BCUT2D eigenvalue weighted by atomic mass is 9.99. The first-order valence-corrected chi connectivity index (χ1v) is 8.77. The van der Waals surface area contributed by atoms with Crippen LogP contribution in [0.25, 0.3) is 0 Å². The van der Waals surface area contributed by atoms with E-state index < -0.39 is 78.8 Å². The van der Waals surface area contributed by atoms with Crippen molar-refractivity contribution in [3.8, 4) is 0 Å². The van der Waals surface area contributed by atoms with Crippen molar-refractivity contribution in [2.75, 3.05) is 13.2 Å². The molecule has 0 amide bonds. The van der Waals surface area contributed by atoms with E-state index in [1.54, 1.807) is 0 Å². The third-order valence-electron chi connectivity index (χ3n) is 3.34. The maximum Gasteiger partial charge on any atom is 0.303 e. The van der Waals surface area contributed by atoms with Gasteiger partial charge in [0.2, 0.25) is 6.54 Å². The first-order valence-electron chi connectivity index (χ1n) is 8.77. The number of nitrogens with zero attached hydrogens (tertiary/aromatic N) is 1. The molecule has 0 saturated carbocycles. The van der Waals surface area contributed by atoms with Crippen LogP contribution in [-0.2, 0) is 47.7 Å². The quantitative estimate of drug-likeness (QED) is 0.173. The molecule has 0 aromatic rings. The summed E-state index contributed by atoms with van der Waals surface area (Å²) in [6.45, 7) is 3.87. The minimum Gasteiger partial charge on any atom is -0.462 e. The number of carbonyl (C=O) groups excluding carboxylic acids is 5. The summed E-state index contributed by atoms with van der Waals surface area (Å²) in [6.07, 6.45) is -6.52. The van der Waals surface area contributed by atoms with Gasteiger partial charge in [0, 0.05) is 39.5 Å². The summed E-state index contributed by atoms with van der Waals surface area (Å²) in [7, 11) is 0. The number of rotatable bonds is 12. The Morgan fingerprint density at radius 1 is 0.700 bits per heavy atom.